The quantitative estimate of drug-likeness (QED) is 0.808. The molecule has 0 aliphatic heterocycles. The molecule has 2 nitrogen and oxygen atoms in total. The first-order valence-corrected chi connectivity index (χ1v) is 4.76. The van der Waals surface area contributed by atoms with Crippen LogP contribution in [0.5, 0.6) is 0 Å². The van der Waals surface area contributed by atoms with Crippen molar-refractivity contribution in [2.45, 2.75) is 6.10 Å². The minimum absolute atomic E-state index is 0.0329. The first-order chi connectivity index (χ1) is 6.07. The van der Waals surface area contributed by atoms with E-state index in [1.54, 1.807) is 6.07 Å². The Kier molecular flexibility index (Phi) is 3.67. The number of hydrogen-bond donors (Lipinski definition) is 2. The Bertz CT molecular complexity index is 321. The molecule has 0 aliphatic rings. The molecule has 1 unspecified atom stereocenters. The summed E-state index contributed by atoms with van der Waals surface area (Å²) in [6.07, 6.45) is -1.01. The Morgan fingerprint density at radius 3 is 2.77 bits per heavy atom. The average molecular weight is 269 g/mol. The molecule has 3 N–H and O–H groups in total. The fraction of sp³-hybridized carbons (Fsp3) is 0.250. The number of hydrogen-bond acceptors (Lipinski definition) is 2. The van der Waals surface area contributed by atoms with Gasteiger partial charge in [-0.15, -0.1) is 0 Å². The van der Waals surface area contributed by atoms with Gasteiger partial charge in [-0.3, -0.25) is 0 Å². The molecule has 0 radical (unpaired) electrons. The highest BCUT2D eigenvalue weighted by Gasteiger charge is 2.15. The summed E-state index contributed by atoms with van der Waals surface area (Å²) in [5.74, 6) is -0.631. The zero-order valence-corrected chi connectivity index (χ0v) is 8.94. The van der Waals surface area contributed by atoms with Crippen molar-refractivity contribution in [3.63, 3.8) is 0 Å². The van der Waals surface area contributed by atoms with E-state index in [4.69, 9.17) is 17.3 Å². The molecule has 0 saturated carbocycles. The Morgan fingerprint density at radius 1 is 1.62 bits per heavy atom. The van der Waals surface area contributed by atoms with E-state index in [0.29, 0.717) is 4.47 Å². The van der Waals surface area contributed by atoms with Gasteiger partial charge in [-0.1, -0.05) is 17.7 Å². The monoisotopic (exact) mass is 267 g/mol. The van der Waals surface area contributed by atoms with Gasteiger partial charge in [0.15, 0.2) is 0 Å². The van der Waals surface area contributed by atoms with E-state index in [-0.39, 0.29) is 17.1 Å². The minimum Gasteiger partial charge on any atom is -0.387 e. The molecule has 1 atom stereocenters. The largest absolute Gasteiger partial charge is 0.387 e. The number of aliphatic hydroxyl groups excluding tert-OH is 1. The zero-order chi connectivity index (χ0) is 10.0. The summed E-state index contributed by atoms with van der Waals surface area (Å²) in [6.45, 7) is -0.0329. The van der Waals surface area contributed by atoms with Crippen molar-refractivity contribution >= 4 is 27.5 Å². The van der Waals surface area contributed by atoms with E-state index in [1.165, 1.54) is 6.07 Å². The highest BCUT2D eigenvalue weighted by atomic mass is 79.9. The van der Waals surface area contributed by atoms with Gasteiger partial charge in [0.2, 0.25) is 0 Å². The number of nitrogens with two attached hydrogens (primary N) is 1. The summed E-state index contributed by atoms with van der Waals surface area (Å²) >= 11 is 8.68. The molecular formula is C8H8BrClFNO. The van der Waals surface area contributed by atoms with Crippen molar-refractivity contribution in [3.8, 4) is 0 Å². The maximum Gasteiger partial charge on any atom is 0.148 e. The molecule has 72 valence electrons. The van der Waals surface area contributed by atoms with Crippen LogP contribution < -0.4 is 5.73 Å². The van der Waals surface area contributed by atoms with Gasteiger partial charge in [0.1, 0.15) is 5.82 Å². The first-order valence-electron chi connectivity index (χ1n) is 3.59. The van der Waals surface area contributed by atoms with Crippen LogP contribution in [0.1, 0.15) is 11.7 Å². The van der Waals surface area contributed by atoms with E-state index in [1.807, 2.05) is 0 Å². The van der Waals surface area contributed by atoms with E-state index in [2.05, 4.69) is 15.9 Å². The predicted octanol–water partition coefficient (Wildman–Crippen LogP) is 2.23. The van der Waals surface area contributed by atoms with Crippen LogP contribution in [0.2, 0.25) is 5.02 Å². The van der Waals surface area contributed by atoms with Crippen LogP contribution in [0.4, 0.5) is 4.39 Å². The van der Waals surface area contributed by atoms with Gasteiger partial charge < -0.3 is 10.8 Å². The molecule has 0 heterocycles. The molecule has 5 heteroatoms. The fourth-order valence-electron chi connectivity index (χ4n) is 0.925. The molecule has 0 fully saturated rings. The summed E-state index contributed by atoms with van der Waals surface area (Å²) < 4.78 is 13.8. The van der Waals surface area contributed by atoms with Crippen LogP contribution in [0.25, 0.3) is 0 Å². The van der Waals surface area contributed by atoms with Crippen LogP contribution in [-0.4, -0.2) is 11.7 Å². The third-order valence-electron chi connectivity index (χ3n) is 1.65. The van der Waals surface area contributed by atoms with Gasteiger partial charge >= 0.3 is 0 Å². The lowest BCUT2D eigenvalue weighted by molar-refractivity contribution is 0.182. The van der Waals surface area contributed by atoms with Gasteiger partial charge in [-0.2, -0.15) is 0 Å². The van der Waals surface area contributed by atoms with Crippen molar-refractivity contribution in [2.75, 3.05) is 6.54 Å². The van der Waals surface area contributed by atoms with E-state index < -0.39 is 11.9 Å². The van der Waals surface area contributed by atoms with Gasteiger partial charge in [-0.25, -0.2) is 4.39 Å². The van der Waals surface area contributed by atoms with E-state index in [0.717, 1.165) is 0 Å². The number of halogens is 3. The number of aliphatic hydroxyl groups is 1. The maximum absolute atomic E-state index is 13.3. The van der Waals surface area contributed by atoms with Crippen molar-refractivity contribution in [2.24, 2.45) is 5.73 Å². The molecule has 0 aromatic heterocycles. The third-order valence-corrected chi connectivity index (χ3v) is 2.91. The Labute approximate surface area is 88.6 Å². The maximum atomic E-state index is 13.3. The van der Waals surface area contributed by atoms with Crippen LogP contribution in [0.15, 0.2) is 16.6 Å². The minimum atomic E-state index is -1.01. The van der Waals surface area contributed by atoms with Crippen LogP contribution in [-0.2, 0) is 0 Å². The predicted molar refractivity (Wildman–Crippen MR) is 53.1 cm³/mol. The Balaban J connectivity index is 3.18. The average Bonchev–Trinajstić information content (AvgIpc) is 2.13. The van der Waals surface area contributed by atoms with Gasteiger partial charge in [-0.05, 0) is 22.0 Å². The summed E-state index contributed by atoms with van der Waals surface area (Å²) in [7, 11) is 0. The smallest absolute Gasteiger partial charge is 0.148 e. The Morgan fingerprint density at radius 2 is 2.23 bits per heavy atom. The molecule has 1 rings (SSSR count). The van der Waals surface area contributed by atoms with Crippen molar-refractivity contribution in [3.05, 3.63) is 33.0 Å². The van der Waals surface area contributed by atoms with Crippen LogP contribution in [0, 0.1) is 5.82 Å². The standard InChI is InChI=1S/C8H8BrClFNO/c9-5-2-1-4(6(13)3-12)8(11)7(5)10/h1-2,6,13H,3,12H2. The third kappa shape index (κ3) is 2.20. The highest BCUT2D eigenvalue weighted by Crippen LogP contribution is 2.29. The second-order valence-corrected chi connectivity index (χ2v) is 3.75. The van der Waals surface area contributed by atoms with E-state index >= 15 is 0 Å². The Hall–Kier alpha value is -0.160. The number of rotatable bonds is 2. The molecule has 13 heavy (non-hydrogen) atoms. The second-order valence-electron chi connectivity index (χ2n) is 2.52. The summed E-state index contributed by atoms with van der Waals surface area (Å²) in [5.41, 5.74) is 5.31. The fourth-order valence-corrected chi connectivity index (χ4v) is 1.40. The molecule has 0 saturated heterocycles. The van der Waals surface area contributed by atoms with Gasteiger partial charge in [0.25, 0.3) is 0 Å². The molecule has 0 spiro atoms. The molecule has 1 aromatic carbocycles. The van der Waals surface area contributed by atoms with Crippen molar-refractivity contribution in [1.82, 2.24) is 0 Å². The van der Waals surface area contributed by atoms with Crippen molar-refractivity contribution in [1.29, 1.82) is 0 Å². The SMILES string of the molecule is NCC(O)c1ccc(Br)c(Cl)c1F. The van der Waals surface area contributed by atoms with Gasteiger partial charge in [0.05, 0.1) is 11.1 Å². The first kappa shape index (κ1) is 10.9. The van der Waals surface area contributed by atoms with Gasteiger partial charge in [0, 0.05) is 16.6 Å². The summed E-state index contributed by atoms with van der Waals surface area (Å²) in [6, 6.07) is 3.02. The van der Waals surface area contributed by atoms with E-state index in [9.17, 15) is 9.50 Å². The molecule has 1 aromatic rings. The zero-order valence-electron chi connectivity index (χ0n) is 6.60. The highest BCUT2D eigenvalue weighted by molar-refractivity contribution is 9.10. The second kappa shape index (κ2) is 4.37. The summed E-state index contributed by atoms with van der Waals surface area (Å²) in [5, 5.41) is 9.25. The lowest BCUT2D eigenvalue weighted by Crippen LogP contribution is -2.13. The van der Waals surface area contributed by atoms with Crippen LogP contribution in [0.3, 0.4) is 0 Å². The lowest BCUT2D eigenvalue weighted by atomic mass is 10.1. The van der Waals surface area contributed by atoms with Crippen LogP contribution >= 0.6 is 27.5 Å². The number of benzene rings is 1. The van der Waals surface area contributed by atoms with Crippen molar-refractivity contribution < 1.29 is 9.50 Å². The lowest BCUT2D eigenvalue weighted by Gasteiger charge is -2.10. The molecule has 0 bridgehead atoms. The normalized spacial score (nSPS) is 13.0. The molecule has 0 aliphatic carbocycles. The summed E-state index contributed by atoms with van der Waals surface area (Å²) in [4.78, 5) is 0. The molecule has 0 amide bonds. The molecular weight excluding hydrogens is 260 g/mol. The topological polar surface area (TPSA) is 46.2 Å².